The fraction of sp³-hybridized carbons (Fsp3) is 0.100. The van der Waals surface area contributed by atoms with Gasteiger partial charge in [-0.1, -0.05) is 6.07 Å². The Balaban J connectivity index is 2.89. The monoisotopic (exact) mass is 300 g/mol. The third-order valence-electron chi connectivity index (χ3n) is 2.15. The largest absolute Gasteiger partial charge is 0.301 e. The van der Waals surface area contributed by atoms with Crippen molar-refractivity contribution in [3.8, 4) is 0 Å². The molecule has 0 atom stereocenters. The van der Waals surface area contributed by atoms with Crippen LogP contribution >= 0.6 is 27.5 Å². The maximum Gasteiger partial charge on any atom is 0.262 e. The minimum absolute atomic E-state index is 0.0106. The number of fused-ring (bicyclic) bond motifs is 1. The summed E-state index contributed by atoms with van der Waals surface area (Å²) in [5.41, 5.74) is 0.183. The van der Waals surface area contributed by atoms with Gasteiger partial charge in [-0.2, -0.15) is 0 Å². The van der Waals surface area contributed by atoms with Crippen molar-refractivity contribution in [1.82, 2.24) is 9.55 Å². The molecule has 0 bridgehead atoms. The summed E-state index contributed by atoms with van der Waals surface area (Å²) in [5.74, 6) is 0. The van der Waals surface area contributed by atoms with Gasteiger partial charge in [-0.05, 0) is 39.7 Å². The summed E-state index contributed by atoms with van der Waals surface area (Å²) >= 11 is 9.12. The molecule has 0 spiro atoms. The highest BCUT2D eigenvalue weighted by molar-refractivity contribution is 9.10. The average Bonchev–Trinajstić information content (AvgIpc) is 2.26. The summed E-state index contributed by atoms with van der Waals surface area (Å²) in [7, 11) is 0. The van der Waals surface area contributed by atoms with Crippen molar-refractivity contribution in [2.24, 2.45) is 0 Å². The first-order valence-electron chi connectivity index (χ1n) is 4.43. The van der Waals surface area contributed by atoms with E-state index in [0.717, 1.165) is 4.57 Å². The van der Waals surface area contributed by atoms with Crippen molar-refractivity contribution in [2.45, 2.75) is 6.54 Å². The van der Waals surface area contributed by atoms with Gasteiger partial charge in [0, 0.05) is 4.47 Å². The molecule has 0 saturated carbocycles. The SMILES string of the molecule is O=CCn1c(Cl)nc2c(Br)cccc2c1=O. The van der Waals surface area contributed by atoms with Crippen LogP contribution in [-0.4, -0.2) is 15.8 Å². The van der Waals surface area contributed by atoms with E-state index in [4.69, 9.17) is 11.6 Å². The molecule has 0 aliphatic carbocycles. The van der Waals surface area contributed by atoms with Crippen molar-refractivity contribution in [1.29, 1.82) is 0 Å². The lowest BCUT2D eigenvalue weighted by atomic mass is 10.2. The minimum atomic E-state index is -0.316. The van der Waals surface area contributed by atoms with E-state index in [1.807, 2.05) is 0 Å². The Morgan fingerprint density at radius 3 is 2.94 bits per heavy atom. The summed E-state index contributed by atoms with van der Waals surface area (Å²) in [4.78, 5) is 26.5. The standard InChI is InChI=1S/C10H6BrClN2O2/c11-7-3-1-2-6-8(7)13-10(12)14(4-5-15)9(6)16/h1-3,5H,4H2. The molecule has 0 radical (unpaired) electrons. The first kappa shape index (κ1) is 11.3. The van der Waals surface area contributed by atoms with Crippen LogP contribution in [0.4, 0.5) is 0 Å². The van der Waals surface area contributed by atoms with Gasteiger partial charge in [-0.3, -0.25) is 9.36 Å². The Bertz CT molecular complexity index is 624. The maximum atomic E-state index is 12.0. The lowest BCUT2D eigenvalue weighted by Crippen LogP contribution is -2.22. The fourth-order valence-corrected chi connectivity index (χ4v) is 2.10. The molecule has 0 amide bonds. The lowest BCUT2D eigenvalue weighted by Gasteiger charge is -2.06. The molecule has 0 unspecified atom stereocenters. The summed E-state index contributed by atoms with van der Waals surface area (Å²) in [6.07, 6.45) is 0.610. The lowest BCUT2D eigenvalue weighted by molar-refractivity contribution is -0.108. The number of halogens is 2. The number of rotatable bonds is 2. The van der Waals surface area contributed by atoms with Crippen molar-refractivity contribution >= 4 is 44.7 Å². The van der Waals surface area contributed by atoms with Crippen LogP contribution in [-0.2, 0) is 11.3 Å². The summed E-state index contributed by atoms with van der Waals surface area (Å²) in [6.45, 7) is -0.0902. The van der Waals surface area contributed by atoms with Gasteiger partial charge in [-0.25, -0.2) is 4.98 Å². The predicted octanol–water partition coefficient (Wildman–Crippen LogP) is 2.01. The van der Waals surface area contributed by atoms with Crippen molar-refractivity contribution < 1.29 is 4.79 Å². The van der Waals surface area contributed by atoms with E-state index in [-0.39, 0.29) is 17.4 Å². The van der Waals surface area contributed by atoms with Crippen LogP contribution in [0.1, 0.15) is 0 Å². The third kappa shape index (κ3) is 1.76. The van der Waals surface area contributed by atoms with Gasteiger partial charge in [0.15, 0.2) is 0 Å². The van der Waals surface area contributed by atoms with Gasteiger partial charge in [0.25, 0.3) is 5.56 Å². The van der Waals surface area contributed by atoms with Gasteiger partial charge in [0.1, 0.15) is 6.29 Å². The molecule has 1 aromatic heterocycles. The van der Waals surface area contributed by atoms with Crippen LogP contribution in [0.5, 0.6) is 0 Å². The second-order valence-electron chi connectivity index (χ2n) is 3.10. The molecule has 1 heterocycles. The molecule has 0 aliphatic heterocycles. The number of hydrogen-bond donors (Lipinski definition) is 0. The summed E-state index contributed by atoms with van der Waals surface area (Å²) in [6, 6.07) is 5.15. The zero-order chi connectivity index (χ0) is 11.7. The molecule has 16 heavy (non-hydrogen) atoms. The second-order valence-corrected chi connectivity index (χ2v) is 4.29. The number of aldehydes is 1. The van der Waals surface area contributed by atoms with E-state index in [1.165, 1.54) is 0 Å². The van der Waals surface area contributed by atoms with E-state index < -0.39 is 0 Å². The Morgan fingerprint density at radius 1 is 1.50 bits per heavy atom. The number of carbonyl (C=O) groups excluding carboxylic acids is 1. The van der Waals surface area contributed by atoms with Crippen LogP contribution in [0.15, 0.2) is 27.5 Å². The summed E-state index contributed by atoms with van der Waals surface area (Å²) in [5, 5.41) is 0.442. The molecule has 2 aromatic rings. The fourth-order valence-electron chi connectivity index (χ4n) is 1.42. The second kappa shape index (κ2) is 4.35. The van der Waals surface area contributed by atoms with Crippen molar-refractivity contribution in [3.05, 3.63) is 38.3 Å². The van der Waals surface area contributed by atoms with Crippen LogP contribution in [0, 0.1) is 0 Å². The zero-order valence-corrected chi connectivity index (χ0v) is 10.3. The van der Waals surface area contributed by atoms with E-state index in [1.54, 1.807) is 18.2 Å². The smallest absolute Gasteiger partial charge is 0.262 e. The molecular formula is C10H6BrClN2O2. The molecule has 1 aromatic carbocycles. The Labute approximate surface area is 104 Å². The van der Waals surface area contributed by atoms with Crippen molar-refractivity contribution in [3.63, 3.8) is 0 Å². The number of hydrogen-bond acceptors (Lipinski definition) is 3. The van der Waals surface area contributed by atoms with Crippen LogP contribution < -0.4 is 5.56 Å². The van der Waals surface area contributed by atoms with Gasteiger partial charge in [0.05, 0.1) is 17.4 Å². The molecule has 4 nitrogen and oxygen atoms in total. The van der Waals surface area contributed by atoms with E-state index in [9.17, 15) is 9.59 Å². The number of aromatic nitrogens is 2. The highest BCUT2D eigenvalue weighted by atomic mass is 79.9. The topological polar surface area (TPSA) is 52.0 Å². The first-order valence-corrected chi connectivity index (χ1v) is 5.60. The highest BCUT2D eigenvalue weighted by Crippen LogP contribution is 2.20. The molecule has 0 fully saturated rings. The molecule has 6 heteroatoms. The van der Waals surface area contributed by atoms with E-state index in [2.05, 4.69) is 20.9 Å². The maximum absolute atomic E-state index is 12.0. The average molecular weight is 302 g/mol. The van der Waals surface area contributed by atoms with Crippen LogP contribution in [0.25, 0.3) is 10.9 Å². The van der Waals surface area contributed by atoms with Gasteiger partial charge >= 0.3 is 0 Å². The van der Waals surface area contributed by atoms with Crippen molar-refractivity contribution in [2.75, 3.05) is 0 Å². The predicted molar refractivity (Wildman–Crippen MR) is 64.8 cm³/mol. The van der Waals surface area contributed by atoms with E-state index in [0.29, 0.717) is 21.7 Å². The molecule has 0 N–H and O–H groups in total. The zero-order valence-electron chi connectivity index (χ0n) is 7.98. The third-order valence-corrected chi connectivity index (χ3v) is 3.07. The van der Waals surface area contributed by atoms with E-state index >= 15 is 0 Å². The van der Waals surface area contributed by atoms with Gasteiger partial charge in [-0.15, -0.1) is 0 Å². The van der Waals surface area contributed by atoms with Gasteiger partial charge in [0.2, 0.25) is 5.28 Å². The Morgan fingerprint density at radius 2 is 2.25 bits per heavy atom. The normalized spacial score (nSPS) is 10.6. The highest BCUT2D eigenvalue weighted by Gasteiger charge is 2.10. The molecular weight excluding hydrogens is 295 g/mol. The molecule has 0 aliphatic rings. The molecule has 2 rings (SSSR count). The number of carbonyl (C=O) groups is 1. The minimum Gasteiger partial charge on any atom is -0.301 e. The number of nitrogens with zero attached hydrogens (tertiary/aromatic N) is 2. The molecule has 82 valence electrons. The number of benzene rings is 1. The number of para-hydroxylation sites is 1. The first-order chi connectivity index (χ1) is 7.65. The van der Waals surface area contributed by atoms with Crippen LogP contribution in [0.2, 0.25) is 5.28 Å². The van der Waals surface area contributed by atoms with Gasteiger partial charge < -0.3 is 4.79 Å². The quantitative estimate of drug-likeness (QED) is 0.630. The Kier molecular flexibility index (Phi) is 3.07. The summed E-state index contributed by atoms with van der Waals surface area (Å²) < 4.78 is 1.82. The van der Waals surface area contributed by atoms with Crippen LogP contribution in [0.3, 0.4) is 0 Å². The Hall–Kier alpha value is -1.20. The molecule has 0 saturated heterocycles.